The molecule has 1 aliphatic heterocycles. The van der Waals surface area contributed by atoms with E-state index in [0.717, 1.165) is 30.8 Å². The predicted molar refractivity (Wildman–Crippen MR) is 74.1 cm³/mol. The van der Waals surface area contributed by atoms with Crippen LogP contribution in [-0.2, 0) is 4.79 Å². The number of allylic oxidation sites excluding steroid dienone is 1. The number of carbonyl (C=O) groups excluding carboxylic acids is 1. The lowest BCUT2D eigenvalue weighted by atomic mass is 10.1. The molecule has 1 fully saturated rings. The number of nitrogens with one attached hydrogen (secondary N) is 1. The van der Waals surface area contributed by atoms with Crippen molar-refractivity contribution in [2.45, 2.75) is 19.9 Å². The van der Waals surface area contributed by atoms with Gasteiger partial charge in [0.2, 0.25) is 5.91 Å². The smallest absolute Gasteiger partial charge is 0.247 e. The first kappa shape index (κ1) is 13.7. The molecule has 2 rings (SSSR count). The van der Waals surface area contributed by atoms with E-state index in [1.165, 1.54) is 12.1 Å². The van der Waals surface area contributed by atoms with E-state index in [1.807, 2.05) is 18.7 Å². The van der Waals surface area contributed by atoms with Crippen molar-refractivity contribution in [1.29, 1.82) is 0 Å². The van der Waals surface area contributed by atoms with Gasteiger partial charge in [0.15, 0.2) is 0 Å². The van der Waals surface area contributed by atoms with Crippen LogP contribution in [0.4, 0.5) is 4.39 Å². The highest BCUT2D eigenvalue weighted by Crippen LogP contribution is 2.15. The van der Waals surface area contributed by atoms with E-state index in [9.17, 15) is 9.18 Å². The van der Waals surface area contributed by atoms with Crippen molar-refractivity contribution in [1.82, 2.24) is 10.2 Å². The van der Waals surface area contributed by atoms with E-state index in [2.05, 4.69) is 5.32 Å². The van der Waals surface area contributed by atoms with Crippen molar-refractivity contribution in [2.75, 3.05) is 19.6 Å². The van der Waals surface area contributed by atoms with Crippen LogP contribution in [0, 0.1) is 5.82 Å². The average Bonchev–Trinajstić information content (AvgIpc) is 2.39. The molecule has 1 amide bonds. The zero-order valence-corrected chi connectivity index (χ0v) is 11.3. The number of amides is 1. The van der Waals surface area contributed by atoms with Gasteiger partial charge in [0.25, 0.3) is 0 Å². The van der Waals surface area contributed by atoms with Gasteiger partial charge in [-0.25, -0.2) is 4.39 Å². The summed E-state index contributed by atoms with van der Waals surface area (Å²) in [5, 5.41) is 3.25. The van der Waals surface area contributed by atoms with Crippen LogP contribution >= 0.6 is 0 Å². The summed E-state index contributed by atoms with van der Waals surface area (Å²) in [7, 11) is 0. The van der Waals surface area contributed by atoms with Crippen molar-refractivity contribution in [3.05, 3.63) is 41.7 Å². The largest absolute Gasteiger partial charge is 0.334 e. The minimum absolute atomic E-state index is 0.0239. The number of halogens is 1. The van der Waals surface area contributed by atoms with E-state index in [4.69, 9.17) is 0 Å². The first-order valence-corrected chi connectivity index (χ1v) is 6.53. The van der Waals surface area contributed by atoms with Gasteiger partial charge in [-0.2, -0.15) is 0 Å². The van der Waals surface area contributed by atoms with Crippen molar-refractivity contribution in [3.8, 4) is 0 Å². The van der Waals surface area contributed by atoms with Gasteiger partial charge >= 0.3 is 0 Å². The van der Waals surface area contributed by atoms with Crippen molar-refractivity contribution < 1.29 is 9.18 Å². The number of benzene rings is 1. The summed E-state index contributed by atoms with van der Waals surface area (Å²) in [6.07, 6.45) is 1.63. The molecular weight excluding hydrogens is 243 g/mol. The summed E-state index contributed by atoms with van der Waals surface area (Å²) < 4.78 is 12.9. The van der Waals surface area contributed by atoms with E-state index in [-0.39, 0.29) is 17.8 Å². The number of rotatable bonds is 2. The summed E-state index contributed by atoms with van der Waals surface area (Å²) in [4.78, 5) is 14.1. The monoisotopic (exact) mass is 262 g/mol. The first-order valence-electron chi connectivity index (χ1n) is 6.53. The van der Waals surface area contributed by atoms with Gasteiger partial charge in [-0.1, -0.05) is 12.1 Å². The molecule has 1 unspecified atom stereocenters. The van der Waals surface area contributed by atoms with E-state index in [0.29, 0.717) is 0 Å². The molecule has 1 heterocycles. The highest BCUT2D eigenvalue weighted by molar-refractivity contribution is 5.95. The Balaban J connectivity index is 2.11. The maximum Gasteiger partial charge on any atom is 0.247 e. The van der Waals surface area contributed by atoms with Gasteiger partial charge < -0.3 is 10.2 Å². The lowest BCUT2D eigenvalue weighted by molar-refractivity contribution is -0.128. The highest BCUT2D eigenvalue weighted by atomic mass is 19.1. The Bertz CT molecular complexity index is 481. The van der Waals surface area contributed by atoms with Crippen LogP contribution in [-0.4, -0.2) is 36.5 Å². The van der Waals surface area contributed by atoms with Crippen LogP contribution in [0.25, 0.3) is 5.57 Å². The first-order chi connectivity index (χ1) is 9.08. The molecule has 4 heteroatoms. The molecular formula is C15H19FN2O. The van der Waals surface area contributed by atoms with Crippen LogP contribution in [0.1, 0.15) is 19.4 Å². The average molecular weight is 262 g/mol. The number of hydrogen-bond donors (Lipinski definition) is 1. The fraction of sp³-hybridized carbons (Fsp3) is 0.400. The molecule has 19 heavy (non-hydrogen) atoms. The number of carbonyl (C=O) groups is 1. The van der Waals surface area contributed by atoms with E-state index in [1.54, 1.807) is 18.2 Å². The second-order valence-corrected chi connectivity index (χ2v) is 4.92. The van der Waals surface area contributed by atoms with Gasteiger partial charge in [0.05, 0.1) is 0 Å². The van der Waals surface area contributed by atoms with Crippen LogP contribution in [0.15, 0.2) is 30.3 Å². The molecule has 0 saturated carbocycles. The molecule has 1 N–H and O–H groups in total. The third-order valence-corrected chi connectivity index (χ3v) is 3.42. The molecule has 1 aliphatic rings. The zero-order valence-electron chi connectivity index (χ0n) is 11.3. The van der Waals surface area contributed by atoms with Crippen LogP contribution < -0.4 is 5.32 Å². The zero-order chi connectivity index (χ0) is 13.8. The Morgan fingerprint density at radius 1 is 1.42 bits per heavy atom. The van der Waals surface area contributed by atoms with Crippen molar-refractivity contribution in [3.63, 3.8) is 0 Å². The molecule has 0 radical (unpaired) electrons. The summed E-state index contributed by atoms with van der Waals surface area (Å²) in [5.41, 5.74) is 1.73. The molecule has 1 aromatic rings. The SMILES string of the molecule is C/C(=C/C(=O)N1CCNCC1C)c1ccc(F)cc1. The summed E-state index contributed by atoms with van der Waals surface area (Å²) >= 11 is 0. The summed E-state index contributed by atoms with van der Waals surface area (Å²) in [6, 6.07) is 6.40. The lowest BCUT2D eigenvalue weighted by Gasteiger charge is -2.33. The van der Waals surface area contributed by atoms with Gasteiger partial charge in [0, 0.05) is 31.8 Å². The Hall–Kier alpha value is -1.68. The molecule has 0 bridgehead atoms. The predicted octanol–water partition coefficient (Wildman–Crippen LogP) is 2.05. The van der Waals surface area contributed by atoms with Gasteiger partial charge in [-0.05, 0) is 37.1 Å². The minimum atomic E-state index is -0.265. The van der Waals surface area contributed by atoms with Crippen LogP contribution in [0.2, 0.25) is 0 Å². The molecule has 1 saturated heterocycles. The third-order valence-electron chi connectivity index (χ3n) is 3.42. The lowest BCUT2D eigenvalue weighted by Crippen LogP contribution is -2.51. The molecule has 1 aromatic carbocycles. The normalized spacial score (nSPS) is 20.5. The van der Waals surface area contributed by atoms with Crippen LogP contribution in [0.5, 0.6) is 0 Å². The minimum Gasteiger partial charge on any atom is -0.334 e. The molecule has 1 atom stereocenters. The number of hydrogen-bond acceptors (Lipinski definition) is 2. The Morgan fingerprint density at radius 3 is 2.74 bits per heavy atom. The fourth-order valence-corrected chi connectivity index (χ4v) is 2.23. The Labute approximate surface area is 113 Å². The Morgan fingerprint density at radius 2 is 2.11 bits per heavy atom. The van der Waals surface area contributed by atoms with E-state index >= 15 is 0 Å². The maximum atomic E-state index is 12.9. The molecule has 0 aromatic heterocycles. The number of nitrogens with zero attached hydrogens (tertiary/aromatic N) is 1. The molecule has 3 nitrogen and oxygen atoms in total. The van der Waals surface area contributed by atoms with Gasteiger partial charge in [0.1, 0.15) is 5.82 Å². The quantitative estimate of drug-likeness (QED) is 0.827. The standard InChI is InChI=1S/C15H19FN2O/c1-11(13-3-5-14(16)6-4-13)9-15(19)18-8-7-17-10-12(18)2/h3-6,9,12,17H,7-8,10H2,1-2H3/b11-9-. The summed E-state index contributed by atoms with van der Waals surface area (Å²) in [6.45, 7) is 6.30. The van der Waals surface area contributed by atoms with Crippen molar-refractivity contribution >= 4 is 11.5 Å². The van der Waals surface area contributed by atoms with Crippen LogP contribution in [0.3, 0.4) is 0 Å². The third kappa shape index (κ3) is 3.41. The number of piperazine rings is 1. The fourth-order valence-electron chi connectivity index (χ4n) is 2.23. The Kier molecular flexibility index (Phi) is 4.32. The second kappa shape index (κ2) is 5.97. The topological polar surface area (TPSA) is 32.3 Å². The van der Waals surface area contributed by atoms with Crippen molar-refractivity contribution in [2.24, 2.45) is 0 Å². The molecule has 102 valence electrons. The van der Waals surface area contributed by atoms with Gasteiger partial charge in [-0.15, -0.1) is 0 Å². The maximum absolute atomic E-state index is 12.9. The molecule has 0 aliphatic carbocycles. The second-order valence-electron chi connectivity index (χ2n) is 4.92. The highest BCUT2D eigenvalue weighted by Gasteiger charge is 2.21. The molecule has 0 spiro atoms. The van der Waals surface area contributed by atoms with E-state index < -0.39 is 0 Å². The van der Waals surface area contributed by atoms with Gasteiger partial charge in [-0.3, -0.25) is 4.79 Å². The summed E-state index contributed by atoms with van der Waals surface area (Å²) in [5.74, 6) is -0.241.